The molecule has 5 nitrogen and oxygen atoms in total. The Hall–Kier alpha value is 0.830. The Bertz CT molecular complexity index is 91.2. The van der Waals surface area contributed by atoms with E-state index in [2.05, 4.69) is 0 Å². The van der Waals surface area contributed by atoms with Crippen molar-refractivity contribution in [2.45, 2.75) is 0 Å². The molecule has 0 amide bonds. The summed E-state index contributed by atoms with van der Waals surface area (Å²) in [5.74, 6) is 0. The molecule has 0 aromatic rings. The summed E-state index contributed by atoms with van der Waals surface area (Å²) >= 11 is 0. The second kappa shape index (κ2) is 4.98. The van der Waals surface area contributed by atoms with Crippen molar-refractivity contribution >= 4 is 40.0 Å². The Labute approximate surface area is 62.9 Å². The second-order valence-corrected chi connectivity index (χ2v) is 1.34. The average molecular weight is 140 g/mol. The van der Waals surface area contributed by atoms with Gasteiger partial charge in [0.2, 0.25) is 0 Å². The van der Waals surface area contributed by atoms with E-state index in [1.54, 1.807) is 0 Å². The van der Waals surface area contributed by atoms with Crippen LogP contribution in [0.25, 0.3) is 0 Å². The fourth-order valence-corrected chi connectivity index (χ4v) is 0. The van der Waals surface area contributed by atoms with Crippen LogP contribution in [0.1, 0.15) is 0 Å². The first kappa shape index (κ1) is 15.7. The van der Waals surface area contributed by atoms with Gasteiger partial charge in [0.15, 0.2) is 0 Å². The zero-order valence-corrected chi connectivity index (χ0v) is 3.44. The Morgan fingerprint density at radius 3 is 1.14 bits per heavy atom. The first-order valence-corrected chi connectivity index (χ1v) is 2.10. The van der Waals surface area contributed by atoms with E-state index in [0.717, 1.165) is 0 Å². The Kier molecular flexibility index (Phi) is 11.1. The molecule has 0 rings (SSSR count). The van der Waals surface area contributed by atoms with Gasteiger partial charge in [0.25, 0.3) is 0 Å². The molecule has 0 bridgehead atoms. The van der Waals surface area contributed by atoms with Gasteiger partial charge in [0, 0.05) is 0 Å². The van der Waals surface area contributed by atoms with Crippen LogP contribution in [0.4, 0.5) is 0 Å². The summed E-state index contributed by atoms with van der Waals surface area (Å²) in [4.78, 5) is 0. The summed E-state index contributed by atoms with van der Waals surface area (Å²) in [6, 6.07) is 0. The predicted molar refractivity (Wildman–Crippen MR) is 24.9 cm³/mol. The van der Waals surface area contributed by atoms with Crippen LogP contribution in [0.15, 0.2) is 0 Å². The quantitative estimate of drug-likeness (QED) is 0.296. The average Bonchev–Trinajstić information content (AvgIpc) is 0.722. The third-order valence-corrected chi connectivity index (χ3v) is 0. The van der Waals surface area contributed by atoms with E-state index in [9.17, 15) is 0 Å². The molecule has 0 aliphatic heterocycles. The molecule has 7 heavy (non-hydrogen) atoms. The molecule has 0 aromatic carbocycles. The van der Waals surface area contributed by atoms with Gasteiger partial charge in [-0.25, -0.2) is 0 Å². The summed E-state index contributed by atoms with van der Waals surface area (Å²) in [5.41, 5.74) is 0. The van der Waals surface area contributed by atoms with Gasteiger partial charge in [0.05, 0.1) is 0 Å². The molecule has 7 heteroatoms. The van der Waals surface area contributed by atoms with Crippen molar-refractivity contribution in [3.63, 3.8) is 0 Å². The Balaban J connectivity index is -0.0000000800. The first-order valence-electron chi connectivity index (χ1n) is 0.698. The Morgan fingerprint density at radius 1 is 1.14 bits per heavy atom. The third-order valence-electron chi connectivity index (χ3n) is 0. The molecule has 42 valence electrons. The second-order valence-electron chi connectivity index (χ2n) is 0.448. The Morgan fingerprint density at radius 2 is 1.14 bits per heavy atom. The van der Waals surface area contributed by atoms with Gasteiger partial charge >= 0.3 is 40.0 Å². The van der Waals surface area contributed by atoms with Gasteiger partial charge < -0.3 is 5.48 Å². The molecular formula is H5NaO5S. The molecule has 0 atom stereocenters. The van der Waals surface area contributed by atoms with Crippen LogP contribution in [0, 0.1) is 0 Å². The number of hydrogen-bond donors (Lipinski definition) is 2. The van der Waals surface area contributed by atoms with Crippen molar-refractivity contribution in [3.05, 3.63) is 0 Å². The van der Waals surface area contributed by atoms with Gasteiger partial charge in [-0.05, 0) is 0 Å². The molecule has 0 spiro atoms. The van der Waals surface area contributed by atoms with Gasteiger partial charge in [-0.1, -0.05) is 0 Å². The molecule has 0 saturated carbocycles. The summed E-state index contributed by atoms with van der Waals surface area (Å²) in [6.07, 6.45) is 0. The number of hydrogen-bond acceptors (Lipinski definition) is 2. The standard InChI is InChI=1S/Na.H2O4S.H2O.H/c;1-5(2,3)4;;/h;(H2,1,2,3,4);1H2;. The zero-order chi connectivity index (χ0) is 4.50. The van der Waals surface area contributed by atoms with E-state index in [-0.39, 0.29) is 35.0 Å². The van der Waals surface area contributed by atoms with Crippen LogP contribution in [-0.4, -0.2) is 52.6 Å². The maximum atomic E-state index is 8.74. The monoisotopic (exact) mass is 140 g/mol. The molecule has 0 aliphatic rings. The SMILES string of the molecule is O.O=S(=O)(O)O.[NaH]. The number of rotatable bonds is 0. The molecule has 0 unspecified atom stereocenters. The van der Waals surface area contributed by atoms with Crippen LogP contribution in [0.5, 0.6) is 0 Å². The predicted octanol–water partition coefficient (Wildman–Crippen LogP) is -2.13. The van der Waals surface area contributed by atoms with Crippen LogP contribution in [-0.2, 0) is 10.4 Å². The van der Waals surface area contributed by atoms with E-state index < -0.39 is 10.4 Å². The molecule has 0 aromatic heterocycles. The van der Waals surface area contributed by atoms with E-state index in [4.69, 9.17) is 17.5 Å². The van der Waals surface area contributed by atoms with E-state index in [1.807, 2.05) is 0 Å². The van der Waals surface area contributed by atoms with Crippen molar-refractivity contribution in [1.82, 2.24) is 0 Å². The van der Waals surface area contributed by atoms with Crippen molar-refractivity contribution in [1.29, 1.82) is 0 Å². The normalized spacial score (nSPS) is 8.29. The van der Waals surface area contributed by atoms with E-state index in [0.29, 0.717) is 0 Å². The van der Waals surface area contributed by atoms with Crippen molar-refractivity contribution in [3.8, 4) is 0 Å². The summed E-state index contributed by atoms with van der Waals surface area (Å²) < 4.78 is 31.6. The molecule has 0 aliphatic carbocycles. The molecule has 4 N–H and O–H groups in total. The molecular weight excluding hydrogens is 135 g/mol. The van der Waals surface area contributed by atoms with Crippen molar-refractivity contribution in [2.24, 2.45) is 0 Å². The minimum absolute atomic E-state index is 0. The molecule has 0 heterocycles. The summed E-state index contributed by atoms with van der Waals surface area (Å²) in [6.45, 7) is 0. The van der Waals surface area contributed by atoms with Gasteiger partial charge in [-0.2, -0.15) is 8.42 Å². The van der Waals surface area contributed by atoms with Crippen molar-refractivity contribution < 1.29 is 23.0 Å². The summed E-state index contributed by atoms with van der Waals surface area (Å²) in [7, 11) is -4.67. The summed E-state index contributed by atoms with van der Waals surface area (Å²) in [5, 5.41) is 0. The van der Waals surface area contributed by atoms with Crippen molar-refractivity contribution in [2.75, 3.05) is 0 Å². The van der Waals surface area contributed by atoms with Gasteiger partial charge in [0.1, 0.15) is 0 Å². The van der Waals surface area contributed by atoms with Gasteiger partial charge in [-0.3, -0.25) is 9.11 Å². The first-order chi connectivity index (χ1) is 2.00. The topological polar surface area (TPSA) is 106 Å². The fraction of sp³-hybridized carbons (Fsp3) is 0. The molecule has 0 radical (unpaired) electrons. The van der Waals surface area contributed by atoms with Crippen LogP contribution < -0.4 is 0 Å². The maximum absolute atomic E-state index is 8.74. The minimum atomic E-state index is -4.67. The van der Waals surface area contributed by atoms with Gasteiger partial charge in [-0.15, -0.1) is 0 Å². The van der Waals surface area contributed by atoms with Crippen LogP contribution in [0.3, 0.4) is 0 Å². The molecule has 0 fully saturated rings. The van der Waals surface area contributed by atoms with E-state index in [1.165, 1.54) is 0 Å². The van der Waals surface area contributed by atoms with Crippen LogP contribution >= 0.6 is 0 Å². The molecule has 0 saturated heterocycles. The van der Waals surface area contributed by atoms with E-state index >= 15 is 0 Å². The zero-order valence-electron chi connectivity index (χ0n) is 2.62. The fourth-order valence-electron chi connectivity index (χ4n) is 0. The van der Waals surface area contributed by atoms with Crippen LogP contribution in [0.2, 0.25) is 0 Å². The third kappa shape index (κ3) is 231.